The smallest absolute Gasteiger partial charge is 0.258 e. The van der Waals surface area contributed by atoms with E-state index >= 15 is 0 Å². The molecule has 0 spiro atoms. The van der Waals surface area contributed by atoms with Crippen LogP contribution in [0.4, 0.5) is 10.1 Å². The van der Waals surface area contributed by atoms with E-state index < -0.39 is 21.7 Å². The van der Waals surface area contributed by atoms with Crippen LogP contribution in [0.15, 0.2) is 71.6 Å². The number of sulfonamides is 1. The van der Waals surface area contributed by atoms with Crippen molar-refractivity contribution in [1.29, 1.82) is 0 Å². The molecule has 0 bridgehead atoms. The van der Waals surface area contributed by atoms with Crippen LogP contribution in [0.25, 0.3) is 0 Å². The molecule has 3 aromatic rings. The highest BCUT2D eigenvalue weighted by atomic mass is 32.2. The van der Waals surface area contributed by atoms with Gasteiger partial charge >= 0.3 is 0 Å². The van der Waals surface area contributed by atoms with E-state index in [2.05, 4.69) is 10.0 Å². The Morgan fingerprint density at radius 1 is 1.03 bits per heavy atom. The van der Waals surface area contributed by atoms with Crippen molar-refractivity contribution in [3.63, 3.8) is 0 Å². The van der Waals surface area contributed by atoms with Gasteiger partial charge in [-0.3, -0.25) is 4.79 Å². The number of methoxy groups -OCH3 is 1. The molecular weight excluding hydrogens is 419 g/mol. The number of hydrogen-bond acceptors (Lipinski definition) is 4. The summed E-state index contributed by atoms with van der Waals surface area (Å²) in [6, 6.07) is 17.2. The van der Waals surface area contributed by atoms with Crippen LogP contribution >= 0.6 is 0 Å². The van der Waals surface area contributed by atoms with Gasteiger partial charge in [0, 0.05) is 12.2 Å². The molecule has 162 valence electrons. The Hall–Kier alpha value is -3.23. The Labute approximate surface area is 181 Å². The summed E-state index contributed by atoms with van der Waals surface area (Å²) >= 11 is 0. The van der Waals surface area contributed by atoms with Crippen LogP contribution in [0.1, 0.15) is 28.4 Å². The quantitative estimate of drug-likeness (QED) is 0.549. The molecule has 0 aliphatic rings. The Morgan fingerprint density at radius 2 is 1.74 bits per heavy atom. The largest absolute Gasteiger partial charge is 0.497 e. The number of amides is 1. The maximum atomic E-state index is 14.3. The predicted molar refractivity (Wildman–Crippen MR) is 117 cm³/mol. The lowest BCUT2D eigenvalue weighted by Crippen LogP contribution is -2.24. The van der Waals surface area contributed by atoms with Crippen molar-refractivity contribution in [3.8, 4) is 5.75 Å². The molecule has 0 unspecified atom stereocenters. The van der Waals surface area contributed by atoms with Crippen LogP contribution in [-0.2, 0) is 23.0 Å². The Morgan fingerprint density at radius 3 is 2.42 bits per heavy atom. The molecule has 8 heteroatoms. The summed E-state index contributed by atoms with van der Waals surface area (Å²) in [4.78, 5) is 12.4. The minimum Gasteiger partial charge on any atom is -0.497 e. The molecule has 0 atom stereocenters. The Bertz CT molecular complexity index is 1180. The maximum Gasteiger partial charge on any atom is 0.258 e. The molecule has 2 N–H and O–H groups in total. The summed E-state index contributed by atoms with van der Waals surface area (Å²) in [7, 11) is -2.42. The van der Waals surface area contributed by atoms with Crippen molar-refractivity contribution in [1.82, 2.24) is 4.72 Å². The van der Waals surface area contributed by atoms with Crippen molar-refractivity contribution in [2.24, 2.45) is 0 Å². The highest BCUT2D eigenvalue weighted by Gasteiger charge is 2.20. The minimum absolute atomic E-state index is 0.0368. The molecule has 0 saturated carbocycles. The first-order valence-electron chi connectivity index (χ1n) is 9.65. The highest BCUT2D eigenvalue weighted by Crippen LogP contribution is 2.20. The third-order valence-electron chi connectivity index (χ3n) is 4.76. The van der Waals surface area contributed by atoms with Crippen molar-refractivity contribution in [3.05, 3.63) is 89.2 Å². The van der Waals surface area contributed by atoms with Gasteiger partial charge in [-0.2, -0.15) is 0 Å². The molecule has 0 heterocycles. The van der Waals surface area contributed by atoms with Gasteiger partial charge in [0.25, 0.3) is 5.91 Å². The number of carbonyl (C=O) groups is 1. The Kier molecular flexibility index (Phi) is 7.04. The molecule has 6 nitrogen and oxygen atoms in total. The average molecular weight is 443 g/mol. The first-order chi connectivity index (χ1) is 14.8. The van der Waals surface area contributed by atoms with E-state index in [1.165, 1.54) is 0 Å². The van der Waals surface area contributed by atoms with Crippen LogP contribution in [0.5, 0.6) is 5.75 Å². The van der Waals surface area contributed by atoms with Gasteiger partial charge in [-0.1, -0.05) is 37.3 Å². The predicted octanol–water partition coefficient (Wildman–Crippen LogP) is 4.13. The molecule has 3 aromatic carbocycles. The summed E-state index contributed by atoms with van der Waals surface area (Å²) in [6.07, 6.45) is 0.683. The minimum atomic E-state index is -3.96. The number of aryl methyl sites for hydroxylation is 1. The maximum absolute atomic E-state index is 14.3. The highest BCUT2D eigenvalue weighted by molar-refractivity contribution is 7.89. The second-order valence-electron chi connectivity index (χ2n) is 6.78. The fraction of sp³-hybridized carbons (Fsp3) is 0.174. The number of carbonyl (C=O) groups excluding carboxylic acids is 1. The van der Waals surface area contributed by atoms with Gasteiger partial charge < -0.3 is 10.1 Å². The first-order valence-corrected chi connectivity index (χ1v) is 11.1. The van der Waals surface area contributed by atoms with Crippen LogP contribution in [0, 0.1) is 5.82 Å². The SMILES string of the molecule is CCc1ccccc1NC(=O)c1cc(S(=O)(=O)NCc2ccc(OC)cc2)ccc1F. The van der Waals surface area contributed by atoms with Gasteiger partial charge in [0.05, 0.1) is 17.6 Å². The zero-order valence-electron chi connectivity index (χ0n) is 17.2. The van der Waals surface area contributed by atoms with E-state index in [0.717, 1.165) is 29.3 Å². The van der Waals surface area contributed by atoms with Gasteiger partial charge in [-0.15, -0.1) is 0 Å². The van der Waals surface area contributed by atoms with Crippen LogP contribution in [0.2, 0.25) is 0 Å². The second-order valence-corrected chi connectivity index (χ2v) is 8.55. The number of benzene rings is 3. The van der Waals surface area contributed by atoms with Crippen molar-refractivity contribution in [2.75, 3.05) is 12.4 Å². The summed E-state index contributed by atoms with van der Waals surface area (Å²) < 4.78 is 47.2. The molecule has 0 radical (unpaired) electrons. The summed E-state index contributed by atoms with van der Waals surface area (Å²) in [5.74, 6) is -0.864. The summed E-state index contributed by atoms with van der Waals surface area (Å²) in [6.45, 7) is 1.97. The second kappa shape index (κ2) is 9.72. The van der Waals surface area contributed by atoms with E-state index in [4.69, 9.17) is 4.74 Å². The van der Waals surface area contributed by atoms with Crippen molar-refractivity contribution >= 4 is 21.6 Å². The normalized spacial score (nSPS) is 11.2. The van der Waals surface area contributed by atoms with Crippen molar-refractivity contribution < 1.29 is 22.3 Å². The lowest BCUT2D eigenvalue weighted by Gasteiger charge is -2.12. The van der Waals surface area contributed by atoms with Crippen molar-refractivity contribution in [2.45, 2.75) is 24.8 Å². The molecule has 1 amide bonds. The van der Waals surface area contributed by atoms with Gasteiger partial charge in [0.15, 0.2) is 0 Å². The van der Waals surface area contributed by atoms with Crippen LogP contribution in [-0.4, -0.2) is 21.4 Å². The summed E-state index contributed by atoms with van der Waals surface area (Å²) in [5, 5.41) is 2.66. The van der Waals surface area contributed by atoms with Gasteiger partial charge in [-0.05, 0) is 53.9 Å². The fourth-order valence-corrected chi connectivity index (χ4v) is 4.03. The molecular formula is C23H23FN2O4S. The number of nitrogens with one attached hydrogen (secondary N) is 2. The molecule has 0 fully saturated rings. The van der Waals surface area contributed by atoms with Crippen LogP contribution in [0.3, 0.4) is 0 Å². The average Bonchev–Trinajstić information content (AvgIpc) is 2.78. The van der Waals surface area contributed by atoms with Gasteiger partial charge in [-0.25, -0.2) is 17.5 Å². The van der Waals surface area contributed by atoms with E-state index in [1.54, 1.807) is 43.5 Å². The molecule has 0 aromatic heterocycles. The number of halogens is 1. The zero-order valence-corrected chi connectivity index (χ0v) is 18.0. The van der Waals surface area contributed by atoms with Gasteiger partial charge in [0.1, 0.15) is 11.6 Å². The van der Waals surface area contributed by atoms with E-state index in [-0.39, 0.29) is 17.0 Å². The van der Waals surface area contributed by atoms with Gasteiger partial charge in [0.2, 0.25) is 10.0 Å². The topological polar surface area (TPSA) is 84.5 Å². The summed E-state index contributed by atoms with van der Waals surface area (Å²) in [5.41, 5.74) is 1.82. The van der Waals surface area contributed by atoms with E-state index in [0.29, 0.717) is 17.9 Å². The standard InChI is InChI=1S/C23H23FN2O4S/c1-3-17-6-4-5-7-22(17)26-23(27)20-14-19(12-13-21(20)24)31(28,29)25-15-16-8-10-18(30-2)11-9-16/h4-14,25H,3,15H2,1-2H3,(H,26,27). The van der Waals surface area contributed by atoms with E-state index in [9.17, 15) is 17.6 Å². The first kappa shape index (κ1) is 22.5. The number of hydrogen-bond donors (Lipinski definition) is 2. The number of rotatable bonds is 8. The zero-order chi connectivity index (χ0) is 22.4. The lowest BCUT2D eigenvalue weighted by atomic mass is 10.1. The molecule has 0 aliphatic carbocycles. The molecule has 31 heavy (non-hydrogen) atoms. The van der Waals surface area contributed by atoms with Crippen LogP contribution < -0.4 is 14.8 Å². The van der Waals surface area contributed by atoms with E-state index in [1.807, 2.05) is 19.1 Å². The number of ether oxygens (including phenoxy) is 1. The Balaban J connectivity index is 1.79. The molecule has 0 saturated heterocycles. The number of para-hydroxylation sites is 1. The lowest BCUT2D eigenvalue weighted by molar-refractivity contribution is 0.102. The third kappa shape index (κ3) is 5.48. The molecule has 3 rings (SSSR count). The monoisotopic (exact) mass is 442 g/mol. The molecule has 0 aliphatic heterocycles. The third-order valence-corrected chi connectivity index (χ3v) is 6.16. The fourth-order valence-electron chi connectivity index (χ4n) is 2.99. The number of anilines is 1.